The van der Waals surface area contributed by atoms with Crippen LogP contribution < -0.4 is 24.3 Å². The summed E-state index contributed by atoms with van der Waals surface area (Å²) < 4.78 is 83.7. The minimum atomic E-state index is -5.01. The van der Waals surface area contributed by atoms with Gasteiger partial charge in [0, 0.05) is 51.8 Å². The lowest BCUT2D eigenvalue weighted by molar-refractivity contribution is -0.275. The molecule has 0 saturated carbocycles. The number of sulfone groups is 1. The van der Waals surface area contributed by atoms with Gasteiger partial charge in [0.1, 0.15) is 17.5 Å². The van der Waals surface area contributed by atoms with Gasteiger partial charge in [-0.05, 0) is 30.3 Å². The Hall–Kier alpha value is -4.10. The van der Waals surface area contributed by atoms with Crippen molar-refractivity contribution in [3.63, 3.8) is 0 Å². The molecule has 0 fully saturated rings. The van der Waals surface area contributed by atoms with Crippen molar-refractivity contribution >= 4 is 43.8 Å². The molecule has 1 aromatic heterocycles. The Morgan fingerprint density at radius 3 is 2.27 bits per heavy atom. The van der Waals surface area contributed by atoms with Crippen LogP contribution in [-0.4, -0.2) is 53.1 Å². The molecule has 0 aliphatic rings. The van der Waals surface area contributed by atoms with Gasteiger partial charge in [-0.3, -0.25) is 4.79 Å². The summed E-state index contributed by atoms with van der Waals surface area (Å²) in [6.45, 7) is 0. The Bertz CT molecular complexity index is 1720. The number of alkyl halides is 3. The third-order valence-corrected chi connectivity index (χ3v) is 7.41. The van der Waals surface area contributed by atoms with E-state index in [2.05, 4.69) is 15.0 Å². The van der Waals surface area contributed by atoms with Crippen LogP contribution in [0.5, 0.6) is 23.0 Å². The summed E-state index contributed by atoms with van der Waals surface area (Å²) >= 11 is 6.14. The number of ether oxygens (including phenoxy) is 4. The zero-order chi connectivity index (χ0) is 30.1. The summed E-state index contributed by atoms with van der Waals surface area (Å²) in [4.78, 5) is 17.0. The second-order valence-corrected chi connectivity index (χ2v) is 11.2. The van der Waals surface area contributed by atoms with E-state index >= 15 is 0 Å². The molecule has 9 nitrogen and oxygen atoms in total. The number of carbonyl (C=O) groups excluding carboxylic acids is 1. The Kier molecular flexibility index (Phi) is 8.31. The molecule has 0 amide bonds. The van der Waals surface area contributed by atoms with Gasteiger partial charge < -0.3 is 29.2 Å². The SMILES string of the molecule is COc1cc(N[C@@H](C(=O)c2c[nH]c3cc(OC)c(OC(F)(F)F)cc23)c2ccc(Cl)cc2OC)cc(S(C)(=O)=O)c1. The molecule has 0 aliphatic carbocycles. The van der Waals surface area contributed by atoms with Crippen molar-refractivity contribution in [2.75, 3.05) is 32.9 Å². The molecular weight excluding hydrogens is 589 g/mol. The Labute approximate surface area is 238 Å². The zero-order valence-electron chi connectivity index (χ0n) is 22.1. The number of aromatic amines is 1. The first-order chi connectivity index (χ1) is 19.2. The molecule has 41 heavy (non-hydrogen) atoms. The summed E-state index contributed by atoms with van der Waals surface area (Å²) in [5.74, 6) is -0.992. The van der Waals surface area contributed by atoms with Crippen LogP contribution in [0.3, 0.4) is 0 Å². The van der Waals surface area contributed by atoms with Crippen molar-refractivity contribution in [3.05, 3.63) is 70.9 Å². The molecule has 4 rings (SSSR count). The first-order valence-electron chi connectivity index (χ1n) is 11.7. The number of aromatic nitrogens is 1. The molecule has 0 bridgehead atoms. The van der Waals surface area contributed by atoms with Crippen LogP contribution in [0.2, 0.25) is 5.02 Å². The molecule has 0 saturated heterocycles. The minimum Gasteiger partial charge on any atom is -0.497 e. The van der Waals surface area contributed by atoms with Crippen LogP contribution in [0, 0.1) is 0 Å². The smallest absolute Gasteiger partial charge is 0.497 e. The number of nitrogens with one attached hydrogen (secondary N) is 2. The average molecular weight is 613 g/mol. The largest absolute Gasteiger partial charge is 0.573 e. The van der Waals surface area contributed by atoms with Gasteiger partial charge in [-0.25, -0.2) is 8.42 Å². The molecular formula is C27H24ClF3N2O7S. The number of ketones is 1. The standard InChI is InChI=1S/C27H24ClF3N2O7S/c1-37-16-8-15(9-17(10-16)41(4,35)36)33-25(18-6-5-14(28)7-22(18)38-2)26(34)20-13-32-21-12-23(39-3)24(11-19(20)21)40-27(29,30)31/h5-13,25,32-33H,1-4H3/t25-/m1/s1. The fourth-order valence-electron chi connectivity index (χ4n) is 4.21. The predicted molar refractivity (Wildman–Crippen MR) is 146 cm³/mol. The van der Waals surface area contributed by atoms with E-state index in [-0.39, 0.29) is 38.8 Å². The molecule has 2 N–H and O–H groups in total. The van der Waals surface area contributed by atoms with Crippen molar-refractivity contribution in [2.24, 2.45) is 0 Å². The molecule has 218 valence electrons. The number of rotatable bonds is 10. The Morgan fingerprint density at radius 2 is 1.66 bits per heavy atom. The monoisotopic (exact) mass is 612 g/mol. The second kappa shape index (κ2) is 11.4. The first-order valence-corrected chi connectivity index (χ1v) is 14.0. The quantitative estimate of drug-likeness (QED) is 0.204. The van der Waals surface area contributed by atoms with Gasteiger partial charge in [0.15, 0.2) is 27.1 Å². The molecule has 0 unspecified atom stereocenters. The maximum Gasteiger partial charge on any atom is 0.573 e. The number of methoxy groups -OCH3 is 3. The molecule has 4 aromatic rings. The Morgan fingerprint density at radius 1 is 0.951 bits per heavy atom. The van der Waals surface area contributed by atoms with Crippen molar-refractivity contribution < 1.29 is 45.3 Å². The molecule has 1 heterocycles. The fourth-order valence-corrected chi connectivity index (χ4v) is 5.05. The summed E-state index contributed by atoms with van der Waals surface area (Å²) in [7, 11) is 0.256. The van der Waals surface area contributed by atoms with E-state index in [0.29, 0.717) is 16.1 Å². The normalized spacial score (nSPS) is 12.6. The second-order valence-electron chi connectivity index (χ2n) is 8.80. The van der Waals surface area contributed by atoms with Crippen LogP contribution >= 0.6 is 11.6 Å². The maximum atomic E-state index is 14.2. The van der Waals surface area contributed by atoms with E-state index in [4.69, 9.17) is 25.8 Å². The molecule has 3 aromatic carbocycles. The predicted octanol–water partition coefficient (Wildman–Crippen LogP) is 6.19. The summed E-state index contributed by atoms with van der Waals surface area (Å²) in [6.07, 6.45) is -2.64. The number of anilines is 1. The number of hydrogen-bond donors (Lipinski definition) is 2. The molecule has 1 atom stereocenters. The van der Waals surface area contributed by atoms with Crippen molar-refractivity contribution in [1.82, 2.24) is 4.98 Å². The lowest BCUT2D eigenvalue weighted by atomic mass is 9.95. The maximum absolute atomic E-state index is 14.2. The van der Waals surface area contributed by atoms with Gasteiger partial charge in [0.25, 0.3) is 0 Å². The van der Waals surface area contributed by atoms with Gasteiger partial charge in [-0.15, -0.1) is 13.2 Å². The van der Waals surface area contributed by atoms with Crippen molar-refractivity contribution in [1.29, 1.82) is 0 Å². The van der Waals surface area contributed by atoms with E-state index in [9.17, 15) is 26.4 Å². The van der Waals surface area contributed by atoms with Crippen LogP contribution in [0.1, 0.15) is 22.0 Å². The topological polar surface area (TPSA) is 116 Å². The molecule has 14 heteroatoms. The number of carbonyl (C=O) groups is 1. The highest BCUT2D eigenvalue weighted by Crippen LogP contribution is 2.39. The van der Waals surface area contributed by atoms with E-state index in [0.717, 1.165) is 12.3 Å². The lowest BCUT2D eigenvalue weighted by Gasteiger charge is -2.22. The number of fused-ring (bicyclic) bond motifs is 1. The van der Waals surface area contributed by atoms with Crippen LogP contribution in [0.25, 0.3) is 10.9 Å². The highest BCUT2D eigenvalue weighted by atomic mass is 35.5. The highest BCUT2D eigenvalue weighted by molar-refractivity contribution is 7.90. The summed E-state index contributed by atoms with van der Waals surface area (Å²) in [6, 6.07) is 9.82. The lowest BCUT2D eigenvalue weighted by Crippen LogP contribution is -2.22. The van der Waals surface area contributed by atoms with Gasteiger partial charge in [0.2, 0.25) is 0 Å². The third-order valence-electron chi connectivity index (χ3n) is 6.08. The first kappa shape index (κ1) is 29.9. The van der Waals surface area contributed by atoms with Gasteiger partial charge in [0.05, 0.1) is 31.7 Å². The summed E-state index contributed by atoms with van der Waals surface area (Å²) in [5, 5.41) is 3.49. The van der Waals surface area contributed by atoms with Crippen LogP contribution in [-0.2, 0) is 9.84 Å². The molecule has 0 spiro atoms. The van der Waals surface area contributed by atoms with Gasteiger partial charge in [-0.2, -0.15) is 0 Å². The fraction of sp³-hybridized carbons (Fsp3) is 0.222. The van der Waals surface area contributed by atoms with Crippen molar-refractivity contribution in [3.8, 4) is 23.0 Å². The van der Waals surface area contributed by atoms with Crippen molar-refractivity contribution in [2.45, 2.75) is 17.3 Å². The van der Waals surface area contributed by atoms with E-state index in [1.54, 1.807) is 6.07 Å². The number of H-pyrrole nitrogens is 1. The van der Waals surface area contributed by atoms with Crippen LogP contribution in [0.15, 0.2) is 59.6 Å². The zero-order valence-corrected chi connectivity index (χ0v) is 23.6. The van der Waals surface area contributed by atoms with Gasteiger partial charge in [-0.1, -0.05) is 17.7 Å². The summed E-state index contributed by atoms with van der Waals surface area (Å²) in [5.41, 5.74) is 0.848. The minimum absolute atomic E-state index is 0.00964. The highest BCUT2D eigenvalue weighted by Gasteiger charge is 2.34. The molecule has 0 aliphatic heterocycles. The van der Waals surface area contributed by atoms with E-state index in [1.165, 1.54) is 63.9 Å². The average Bonchev–Trinajstić information content (AvgIpc) is 3.32. The Balaban J connectivity index is 1.89. The van der Waals surface area contributed by atoms with E-state index < -0.39 is 33.8 Å². The van der Waals surface area contributed by atoms with E-state index in [1.807, 2.05) is 0 Å². The number of benzene rings is 3. The molecule has 0 radical (unpaired) electrons. The number of hydrogen-bond acceptors (Lipinski definition) is 8. The van der Waals surface area contributed by atoms with Gasteiger partial charge >= 0.3 is 6.36 Å². The number of halogens is 4. The third kappa shape index (κ3) is 6.63. The number of Topliss-reactive ketones (excluding diaryl/α,β-unsaturated/α-hetero) is 1. The van der Waals surface area contributed by atoms with Crippen LogP contribution in [0.4, 0.5) is 18.9 Å².